The first-order valence-corrected chi connectivity index (χ1v) is 10.7. The number of methoxy groups -OCH3 is 1. The van der Waals surface area contributed by atoms with Crippen molar-refractivity contribution < 1.29 is 19.1 Å². The average molecular weight is 419 g/mol. The number of thiazole rings is 1. The van der Waals surface area contributed by atoms with Gasteiger partial charge in [0.2, 0.25) is 11.8 Å². The normalized spacial score (nSPS) is 24.8. The van der Waals surface area contributed by atoms with Crippen LogP contribution in [0.3, 0.4) is 0 Å². The van der Waals surface area contributed by atoms with Crippen molar-refractivity contribution in [3.63, 3.8) is 0 Å². The van der Waals surface area contributed by atoms with Gasteiger partial charge in [0.1, 0.15) is 0 Å². The molecule has 1 aromatic carbocycles. The van der Waals surface area contributed by atoms with Crippen molar-refractivity contribution >= 4 is 44.2 Å². The molecular formula is C20H26N4O4S. The van der Waals surface area contributed by atoms with Gasteiger partial charge in [0, 0.05) is 39.4 Å². The van der Waals surface area contributed by atoms with Crippen LogP contribution in [0.5, 0.6) is 0 Å². The maximum Gasteiger partial charge on any atom is 0.240 e. The molecule has 2 aliphatic rings. The Kier molecular flexibility index (Phi) is 5.82. The maximum atomic E-state index is 12.6. The quantitative estimate of drug-likeness (QED) is 0.775. The number of likely N-dealkylation sites (tertiary alicyclic amines) is 1. The van der Waals surface area contributed by atoms with Gasteiger partial charge in [0.05, 0.1) is 28.5 Å². The standard InChI is InChI=1S/C20H26N4O4S/c1-13(25)21-14-4-5-15-16(10-14)29-19(22-15)23-18(26)12-24-8-7-20(6-3-9-28-20)17(11-24)27-2/h4-5,10,17H,3,6-9,11-12H2,1-2H3,(H,21,25)(H,22,23,26)/t17-,20+/m1/s1. The van der Waals surface area contributed by atoms with Crippen LogP contribution in [0.25, 0.3) is 10.2 Å². The summed E-state index contributed by atoms with van der Waals surface area (Å²) in [6.07, 6.45) is 2.96. The summed E-state index contributed by atoms with van der Waals surface area (Å²) in [5.74, 6) is -0.215. The van der Waals surface area contributed by atoms with Gasteiger partial charge in [0.15, 0.2) is 5.13 Å². The van der Waals surface area contributed by atoms with Gasteiger partial charge in [-0.3, -0.25) is 14.5 Å². The van der Waals surface area contributed by atoms with Crippen molar-refractivity contribution in [2.45, 2.75) is 37.9 Å². The first-order valence-electron chi connectivity index (χ1n) is 9.84. The van der Waals surface area contributed by atoms with Crippen molar-refractivity contribution in [1.82, 2.24) is 9.88 Å². The van der Waals surface area contributed by atoms with Gasteiger partial charge in [-0.05, 0) is 37.5 Å². The molecule has 4 rings (SSSR count). The number of amides is 2. The predicted molar refractivity (Wildman–Crippen MR) is 112 cm³/mol. The lowest BCUT2D eigenvalue weighted by Gasteiger charge is -2.44. The highest BCUT2D eigenvalue weighted by Gasteiger charge is 2.46. The molecule has 9 heteroatoms. The molecule has 3 heterocycles. The van der Waals surface area contributed by atoms with Crippen molar-refractivity contribution in [2.75, 3.05) is 44.0 Å². The maximum absolute atomic E-state index is 12.6. The molecule has 0 radical (unpaired) electrons. The molecule has 2 amide bonds. The van der Waals surface area contributed by atoms with Gasteiger partial charge in [-0.2, -0.15) is 0 Å². The molecule has 2 aromatic rings. The van der Waals surface area contributed by atoms with Crippen LogP contribution >= 0.6 is 11.3 Å². The highest BCUT2D eigenvalue weighted by atomic mass is 32.1. The second-order valence-corrected chi connectivity index (χ2v) is 8.69. The van der Waals surface area contributed by atoms with E-state index in [0.29, 0.717) is 23.9 Å². The van der Waals surface area contributed by atoms with Gasteiger partial charge in [-0.1, -0.05) is 11.3 Å². The number of rotatable bonds is 5. The zero-order chi connectivity index (χ0) is 20.4. The SMILES string of the molecule is CO[C@@H]1CN(CC(=O)Nc2nc3ccc(NC(C)=O)cc3s2)CC[C@@]12CCCO2. The molecule has 0 aliphatic carbocycles. The number of hydrogen-bond donors (Lipinski definition) is 2. The molecule has 1 spiro atoms. The smallest absolute Gasteiger partial charge is 0.240 e. The first-order chi connectivity index (χ1) is 14.0. The van der Waals surface area contributed by atoms with E-state index < -0.39 is 0 Å². The minimum absolute atomic E-state index is 0.0128. The van der Waals surface area contributed by atoms with E-state index in [0.717, 1.165) is 42.6 Å². The third-order valence-electron chi connectivity index (χ3n) is 5.60. The summed E-state index contributed by atoms with van der Waals surface area (Å²) in [6.45, 7) is 4.06. The second kappa shape index (κ2) is 8.35. The number of carbonyl (C=O) groups excluding carboxylic acids is 2. The second-order valence-electron chi connectivity index (χ2n) is 7.66. The van der Waals surface area contributed by atoms with Crippen LogP contribution in [-0.4, -0.2) is 66.8 Å². The summed E-state index contributed by atoms with van der Waals surface area (Å²) in [6, 6.07) is 5.50. The summed E-state index contributed by atoms with van der Waals surface area (Å²) in [7, 11) is 1.72. The Morgan fingerprint density at radius 1 is 1.38 bits per heavy atom. The number of nitrogens with one attached hydrogen (secondary N) is 2. The summed E-state index contributed by atoms with van der Waals surface area (Å²) in [4.78, 5) is 30.4. The molecule has 0 unspecified atom stereocenters. The van der Waals surface area contributed by atoms with Crippen molar-refractivity contribution in [3.05, 3.63) is 18.2 Å². The molecule has 2 aliphatic heterocycles. The molecule has 2 fully saturated rings. The molecule has 1 aromatic heterocycles. The molecule has 2 saturated heterocycles. The van der Waals surface area contributed by atoms with Crippen molar-refractivity contribution in [3.8, 4) is 0 Å². The molecule has 2 atom stereocenters. The fraction of sp³-hybridized carbons (Fsp3) is 0.550. The summed E-state index contributed by atoms with van der Waals surface area (Å²) in [5.41, 5.74) is 1.33. The van der Waals surface area contributed by atoms with Crippen LogP contribution in [0, 0.1) is 0 Å². The monoisotopic (exact) mass is 418 g/mol. The van der Waals surface area contributed by atoms with Crippen LogP contribution < -0.4 is 10.6 Å². The molecule has 2 N–H and O–H groups in total. The lowest BCUT2D eigenvalue weighted by molar-refractivity contribution is -0.145. The first kappa shape index (κ1) is 20.2. The lowest BCUT2D eigenvalue weighted by Crippen LogP contribution is -2.57. The zero-order valence-corrected chi connectivity index (χ0v) is 17.5. The largest absolute Gasteiger partial charge is 0.377 e. The molecule has 0 bridgehead atoms. The Labute approximate surface area is 173 Å². The summed E-state index contributed by atoms with van der Waals surface area (Å²) < 4.78 is 12.6. The third-order valence-corrected chi connectivity index (χ3v) is 6.54. The van der Waals surface area contributed by atoms with Crippen LogP contribution in [-0.2, 0) is 19.1 Å². The number of nitrogens with zero attached hydrogens (tertiary/aromatic N) is 2. The molecular weight excluding hydrogens is 392 g/mol. The number of carbonyl (C=O) groups is 2. The number of hydrogen-bond acceptors (Lipinski definition) is 7. The van der Waals surface area contributed by atoms with Crippen molar-refractivity contribution in [1.29, 1.82) is 0 Å². The van der Waals surface area contributed by atoms with E-state index in [1.165, 1.54) is 18.3 Å². The average Bonchev–Trinajstić information content (AvgIpc) is 3.29. The van der Waals surface area contributed by atoms with E-state index in [4.69, 9.17) is 9.47 Å². The Hall–Kier alpha value is -2.07. The predicted octanol–water partition coefficient (Wildman–Crippen LogP) is 2.46. The van der Waals surface area contributed by atoms with Gasteiger partial charge in [0.25, 0.3) is 0 Å². The molecule has 29 heavy (non-hydrogen) atoms. The van der Waals surface area contributed by atoms with Crippen LogP contribution in [0.1, 0.15) is 26.2 Å². The fourth-order valence-electron chi connectivity index (χ4n) is 4.22. The molecule has 8 nitrogen and oxygen atoms in total. The number of anilines is 2. The van der Waals surface area contributed by atoms with Crippen LogP contribution in [0.15, 0.2) is 18.2 Å². The van der Waals surface area contributed by atoms with Gasteiger partial charge in [-0.15, -0.1) is 0 Å². The van der Waals surface area contributed by atoms with Crippen LogP contribution in [0.2, 0.25) is 0 Å². The number of aromatic nitrogens is 1. The van der Waals surface area contributed by atoms with Crippen molar-refractivity contribution in [2.24, 2.45) is 0 Å². The Morgan fingerprint density at radius 3 is 2.97 bits per heavy atom. The lowest BCUT2D eigenvalue weighted by atomic mass is 9.86. The van der Waals surface area contributed by atoms with E-state index in [9.17, 15) is 9.59 Å². The fourth-order valence-corrected chi connectivity index (χ4v) is 5.15. The summed E-state index contributed by atoms with van der Waals surface area (Å²) >= 11 is 1.39. The van der Waals surface area contributed by atoms with E-state index in [-0.39, 0.29) is 23.5 Å². The van der Waals surface area contributed by atoms with E-state index >= 15 is 0 Å². The minimum atomic E-state index is -0.180. The van der Waals surface area contributed by atoms with Gasteiger partial charge < -0.3 is 20.1 Å². The number of fused-ring (bicyclic) bond motifs is 1. The van der Waals surface area contributed by atoms with E-state index in [1.807, 2.05) is 12.1 Å². The van der Waals surface area contributed by atoms with E-state index in [2.05, 4.69) is 20.5 Å². The van der Waals surface area contributed by atoms with Gasteiger partial charge >= 0.3 is 0 Å². The molecule has 0 saturated carbocycles. The summed E-state index contributed by atoms with van der Waals surface area (Å²) in [5, 5.41) is 6.21. The van der Waals surface area contributed by atoms with Gasteiger partial charge in [-0.25, -0.2) is 4.98 Å². The van der Waals surface area contributed by atoms with Crippen LogP contribution in [0.4, 0.5) is 10.8 Å². The Morgan fingerprint density at radius 2 is 2.24 bits per heavy atom. The van der Waals surface area contributed by atoms with E-state index in [1.54, 1.807) is 13.2 Å². The Bertz CT molecular complexity index is 909. The highest BCUT2D eigenvalue weighted by molar-refractivity contribution is 7.22. The number of piperidine rings is 1. The minimum Gasteiger partial charge on any atom is -0.377 e. The Balaban J connectivity index is 1.36. The topological polar surface area (TPSA) is 92.8 Å². The zero-order valence-electron chi connectivity index (χ0n) is 16.7. The third kappa shape index (κ3) is 4.42. The molecule has 156 valence electrons. The number of benzene rings is 1. The highest BCUT2D eigenvalue weighted by Crippen LogP contribution is 2.37. The number of ether oxygens (including phenoxy) is 2.